The van der Waals surface area contributed by atoms with Gasteiger partial charge in [0.25, 0.3) is 5.69 Å². The van der Waals surface area contributed by atoms with Crippen LogP contribution in [0.3, 0.4) is 0 Å². The zero-order chi connectivity index (χ0) is 24.7. The molecule has 0 bridgehead atoms. The molecule has 0 heterocycles. The first-order valence-corrected chi connectivity index (χ1v) is 9.58. The third-order valence-electron chi connectivity index (χ3n) is 4.50. The Balaban J connectivity index is 1.73. The van der Waals surface area contributed by atoms with Crippen LogP contribution in [0.4, 0.5) is 17.1 Å². The fourth-order valence-corrected chi connectivity index (χ4v) is 2.79. The maximum atomic E-state index is 12.4. The van der Waals surface area contributed by atoms with Crippen molar-refractivity contribution in [1.29, 1.82) is 0 Å². The summed E-state index contributed by atoms with van der Waals surface area (Å²) in [5, 5.41) is 26.0. The van der Waals surface area contributed by atoms with Gasteiger partial charge in [-0.25, -0.2) is 4.79 Å². The second kappa shape index (κ2) is 10.5. The van der Waals surface area contributed by atoms with Gasteiger partial charge in [0, 0.05) is 6.07 Å². The number of benzene rings is 3. The fourth-order valence-electron chi connectivity index (χ4n) is 2.79. The number of ether oxygens (including phenoxy) is 3. The molecule has 0 aliphatic heterocycles. The molecule has 0 saturated heterocycles. The molecule has 12 nitrogen and oxygen atoms in total. The molecule has 34 heavy (non-hydrogen) atoms. The van der Waals surface area contributed by atoms with Crippen LogP contribution in [0.5, 0.6) is 17.2 Å². The minimum Gasteiger partial charge on any atom is -0.497 e. The number of anilines is 1. The zero-order valence-electron chi connectivity index (χ0n) is 18.0. The van der Waals surface area contributed by atoms with Crippen LogP contribution >= 0.6 is 0 Å². The van der Waals surface area contributed by atoms with Gasteiger partial charge in [0.05, 0.1) is 41.9 Å². The van der Waals surface area contributed by atoms with Crippen LogP contribution in [-0.2, 0) is 0 Å². The van der Waals surface area contributed by atoms with Crippen molar-refractivity contribution in [2.75, 3.05) is 19.6 Å². The molecule has 174 valence electrons. The van der Waals surface area contributed by atoms with Crippen molar-refractivity contribution >= 4 is 29.2 Å². The summed E-state index contributed by atoms with van der Waals surface area (Å²) in [5.74, 6) is 0.450. The number of nitro groups is 2. The Morgan fingerprint density at radius 2 is 1.65 bits per heavy atom. The number of carbonyl (C=O) groups is 1. The number of hydrazone groups is 1. The molecule has 0 fully saturated rings. The third kappa shape index (κ3) is 5.62. The van der Waals surface area contributed by atoms with Gasteiger partial charge in [0.2, 0.25) is 0 Å². The number of non-ortho nitro benzene ring substituents is 1. The van der Waals surface area contributed by atoms with Gasteiger partial charge in [0.1, 0.15) is 11.4 Å². The van der Waals surface area contributed by atoms with E-state index < -0.39 is 27.2 Å². The van der Waals surface area contributed by atoms with Crippen LogP contribution in [0, 0.1) is 20.2 Å². The number of rotatable bonds is 9. The summed E-state index contributed by atoms with van der Waals surface area (Å²) in [7, 11) is 2.92. The Labute approximate surface area is 192 Å². The number of hydrogen-bond donors (Lipinski definition) is 1. The standard InChI is InChI=1S/C22H18N4O8/c1-32-17-7-4-15(5-8-17)22(27)34-20-10-3-14(11-21(20)33-2)13-23-24-18-9-6-16(25(28)29)12-19(18)26(30)31/h3-13,24H,1-2H3/b23-13-. The summed E-state index contributed by atoms with van der Waals surface area (Å²) in [6, 6.07) is 14.2. The van der Waals surface area contributed by atoms with E-state index in [1.54, 1.807) is 36.4 Å². The van der Waals surface area contributed by atoms with E-state index >= 15 is 0 Å². The highest BCUT2D eigenvalue weighted by Gasteiger charge is 2.19. The van der Waals surface area contributed by atoms with Gasteiger partial charge in [-0.3, -0.25) is 25.7 Å². The van der Waals surface area contributed by atoms with E-state index in [9.17, 15) is 25.0 Å². The lowest BCUT2D eigenvalue weighted by atomic mass is 10.2. The lowest BCUT2D eigenvalue weighted by Crippen LogP contribution is -2.09. The summed E-state index contributed by atoms with van der Waals surface area (Å²) >= 11 is 0. The molecule has 12 heteroatoms. The van der Waals surface area contributed by atoms with E-state index in [1.807, 2.05) is 0 Å². The number of carbonyl (C=O) groups excluding carboxylic acids is 1. The number of hydrogen-bond acceptors (Lipinski definition) is 10. The second-order valence-electron chi connectivity index (χ2n) is 6.61. The molecule has 0 atom stereocenters. The van der Waals surface area contributed by atoms with Gasteiger partial charge in [-0.05, 0) is 54.1 Å². The zero-order valence-corrected chi connectivity index (χ0v) is 18.0. The lowest BCUT2D eigenvalue weighted by molar-refractivity contribution is -0.393. The first-order valence-electron chi connectivity index (χ1n) is 9.58. The summed E-state index contributed by atoms with van der Waals surface area (Å²) in [6.45, 7) is 0. The van der Waals surface area contributed by atoms with Crippen molar-refractivity contribution in [1.82, 2.24) is 0 Å². The van der Waals surface area contributed by atoms with Crippen LogP contribution in [0.1, 0.15) is 15.9 Å². The Morgan fingerprint density at radius 1 is 0.912 bits per heavy atom. The molecular formula is C22H18N4O8. The predicted octanol–water partition coefficient (Wildman–Crippen LogP) is 4.19. The molecule has 0 saturated carbocycles. The largest absolute Gasteiger partial charge is 0.497 e. The normalized spacial score (nSPS) is 10.5. The van der Waals surface area contributed by atoms with Crippen molar-refractivity contribution in [3.05, 3.63) is 92.0 Å². The number of nitrogens with zero attached hydrogens (tertiary/aromatic N) is 3. The maximum Gasteiger partial charge on any atom is 0.343 e. The van der Waals surface area contributed by atoms with Crippen molar-refractivity contribution < 1.29 is 28.9 Å². The number of nitrogens with one attached hydrogen (secondary N) is 1. The van der Waals surface area contributed by atoms with E-state index in [4.69, 9.17) is 14.2 Å². The molecular weight excluding hydrogens is 448 g/mol. The Morgan fingerprint density at radius 3 is 2.26 bits per heavy atom. The highest BCUT2D eigenvalue weighted by atomic mass is 16.6. The van der Waals surface area contributed by atoms with Crippen molar-refractivity contribution in [3.8, 4) is 17.2 Å². The topological polar surface area (TPSA) is 155 Å². The smallest absolute Gasteiger partial charge is 0.343 e. The van der Waals surface area contributed by atoms with Crippen LogP contribution in [-0.4, -0.2) is 36.3 Å². The molecule has 3 rings (SSSR count). The lowest BCUT2D eigenvalue weighted by Gasteiger charge is -2.10. The molecule has 0 aliphatic rings. The van der Waals surface area contributed by atoms with Gasteiger partial charge < -0.3 is 14.2 Å². The quantitative estimate of drug-likeness (QED) is 0.161. The number of esters is 1. The molecule has 0 amide bonds. The number of nitro benzene ring substituents is 2. The van der Waals surface area contributed by atoms with Gasteiger partial charge in [-0.15, -0.1) is 0 Å². The van der Waals surface area contributed by atoms with Gasteiger partial charge >= 0.3 is 11.7 Å². The monoisotopic (exact) mass is 466 g/mol. The number of methoxy groups -OCH3 is 2. The molecule has 0 aliphatic carbocycles. The average Bonchev–Trinajstić information content (AvgIpc) is 2.84. The second-order valence-corrected chi connectivity index (χ2v) is 6.61. The summed E-state index contributed by atoms with van der Waals surface area (Å²) in [4.78, 5) is 33.0. The fraction of sp³-hybridized carbons (Fsp3) is 0.0909. The SMILES string of the molecule is COc1ccc(C(=O)Oc2ccc(/C=N\Nc3ccc([N+](=O)[O-])cc3[N+](=O)[O-])cc2OC)cc1. The predicted molar refractivity (Wildman–Crippen MR) is 122 cm³/mol. The summed E-state index contributed by atoms with van der Waals surface area (Å²) in [5.41, 5.74) is 2.41. The minimum atomic E-state index is -0.750. The van der Waals surface area contributed by atoms with Gasteiger partial charge in [-0.1, -0.05) is 0 Å². The Bertz CT molecular complexity index is 1260. The molecule has 1 N–H and O–H groups in total. The van der Waals surface area contributed by atoms with Crippen LogP contribution in [0.2, 0.25) is 0 Å². The first kappa shape index (κ1) is 23.7. The molecule has 0 spiro atoms. The maximum absolute atomic E-state index is 12.4. The van der Waals surface area contributed by atoms with E-state index in [1.165, 1.54) is 32.6 Å². The van der Waals surface area contributed by atoms with E-state index in [0.717, 1.165) is 12.1 Å². The van der Waals surface area contributed by atoms with Crippen LogP contribution in [0.25, 0.3) is 0 Å². The van der Waals surface area contributed by atoms with E-state index in [2.05, 4.69) is 10.5 Å². The van der Waals surface area contributed by atoms with Crippen LogP contribution in [0.15, 0.2) is 65.8 Å². The molecule has 0 aromatic heterocycles. The summed E-state index contributed by atoms with van der Waals surface area (Å²) in [6.07, 6.45) is 1.35. The van der Waals surface area contributed by atoms with Crippen LogP contribution < -0.4 is 19.6 Å². The van der Waals surface area contributed by atoms with Gasteiger partial charge in [-0.2, -0.15) is 5.10 Å². The minimum absolute atomic E-state index is 0.0242. The first-order chi connectivity index (χ1) is 16.3. The average molecular weight is 466 g/mol. The third-order valence-corrected chi connectivity index (χ3v) is 4.50. The van der Waals surface area contributed by atoms with Crippen molar-refractivity contribution in [2.24, 2.45) is 5.10 Å². The highest BCUT2D eigenvalue weighted by molar-refractivity contribution is 5.91. The molecule has 3 aromatic carbocycles. The Hall–Kier alpha value is -5.00. The van der Waals surface area contributed by atoms with E-state index in [0.29, 0.717) is 16.9 Å². The highest BCUT2D eigenvalue weighted by Crippen LogP contribution is 2.30. The Kier molecular flexibility index (Phi) is 7.34. The summed E-state index contributed by atoms with van der Waals surface area (Å²) < 4.78 is 15.7. The molecule has 0 unspecified atom stereocenters. The van der Waals surface area contributed by atoms with Crippen molar-refractivity contribution in [3.63, 3.8) is 0 Å². The van der Waals surface area contributed by atoms with Crippen molar-refractivity contribution in [2.45, 2.75) is 0 Å². The molecule has 3 aromatic rings. The molecule has 0 radical (unpaired) electrons. The van der Waals surface area contributed by atoms with E-state index in [-0.39, 0.29) is 17.2 Å². The van der Waals surface area contributed by atoms with Gasteiger partial charge in [0.15, 0.2) is 11.5 Å².